The van der Waals surface area contributed by atoms with Crippen molar-refractivity contribution in [3.05, 3.63) is 47.8 Å². The lowest BCUT2D eigenvalue weighted by atomic mass is 9.77. The van der Waals surface area contributed by atoms with Crippen LogP contribution in [0.15, 0.2) is 36.7 Å². The maximum absolute atomic E-state index is 13.1. The van der Waals surface area contributed by atoms with Crippen LogP contribution in [0.5, 0.6) is 0 Å². The third-order valence-electron chi connectivity index (χ3n) is 4.94. The van der Waals surface area contributed by atoms with Gasteiger partial charge in [0.1, 0.15) is 6.54 Å². The van der Waals surface area contributed by atoms with Crippen molar-refractivity contribution < 1.29 is 9.59 Å². The Labute approximate surface area is 147 Å². The number of carbonyl (C=O) groups excluding carboxylic acids is 2. The summed E-state index contributed by atoms with van der Waals surface area (Å²) in [5.41, 5.74) is 2.39. The van der Waals surface area contributed by atoms with E-state index in [4.69, 9.17) is 0 Å². The summed E-state index contributed by atoms with van der Waals surface area (Å²) < 4.78 is 1.52. The number of hydrogen-bond acceptors (Lipinski definition) is 3. The van der Waals surface area contributed by atoms with E-state index >= 15 is 0 Å². The summed E-state index contributed by atoms with van der Waals surface area (Å²) in [4.78, 5) is 24.5. The molecule has 0 saturated heterocycles. The molecule has 0 atom stereocenters. The van der Waals surface area contributed by atoms with Gasteiger partial charge in [-0.2, -0.15) is 5.10 Å². The number of likely N-dealkylation sites (N-methyl/N-ethyl adjacent to an activating group) is 1. The number of aromatic nitrogens is 2. The molecule has 0 radical (unpaired) electrons. The molecule has 0 unspecified atom stereocenters. The molecule has 6 nitrogen and oxygen atoms in total. The van der Waals surface area contributed by atoms with Gasteiger partial charge in [-0.1, -0.05) is 42.7 Å². The molecule has 1 aromatic carbocycles. The van der Waals surface area contributed by atoms with E-state index in [1.54, 1.807) is 19.4 Å². The van der Waals surface area contributed by atoms with Crippen LogP contribution in [0.1, 0.15) is 36.8 Å². The van der Waals surface area contributed by atoms with Gasteiger partial charge in [0.05, 0.1) is 17.3 Å². The Morgan fingerprint density at radius 1 is 1.28 bits per heavy atom. The van der Waals surface area contributed by atoms with Crippen LogP contribution in [0.2, 0.25) is 0 Å². The molecule has 132 valence electrons. The lowest BCUT2D eigenvalue weighted by molar-refractivity contribution is -0.122. The Morgan fingerprint density at radius 2 is 2.04 bits per heavy atom. The van der Waals surface area contributed by atoms with Crippen LogP contribution in [-0.4, -0.2) is 28.6 Å². The zero-order chi connectivity index (χ0) is 17.9. The first-order valence-electron chi connectivity index (χ1n) is 8.65. The number of hydrogen-bond donors (Lipinski definition) is 2. The quantitative estimate of drug-likeness (QED) is 0.877. The Balaban J connectivity index is 1.79. The Kier molecular flexibility index (Phi) is 4.88. The van der Waals surface area contributed by atoms with E-state index in [0.717, 1.165) is 36.8 Å². The van der Waals surface area contributed by atoms with Crippen molar-refractivity contribution >= 4 is 17.5 Å². The molecule has 0 bridgehead atoms. The van der Waals surface area contributed by atoms with Crippen LogP contribution >= 0.6 is 0 Å². The topological polar surface area (TPSA) is 76.0 Å². The van der Waals surface area contributed by atoms with Gasteiger partial charge in [0.15, 0.2) is 0 Å². The number of amides is 2. The summed E-state index contributed by atoms with van der Waals surface area (Å²) in [5.74, 6) is -0.122. The number of carbonyl (C=O) groups is 2. The number of anilines is 1. The van der Waals surface area contributed by atoms with Crippen LogP contribution in [0.3, 0.4) is 0 Å². The van der Waals surface area contributed by atoms with Crippen molar-refractivity contribution in [3.63, 3.8) is 0 Å². The molecule has 1 fully saturated rings. The average molecular weight is 340 g/mol. The number of rotatable bonds is 5. The summed E-state index contributed by atoms with van der Waals surface area (Å²) in [7, 11) is 1.58. The van der Waals surface area contributed by atoms with Gasteiger partial charge in [-0.15, -0.1) is 0 Å². The Hall–Kier alpha value is -2.63. The van der Waals surface area contributed by atoms with Crippen molar-refractivity contribution in [1.82, 2.24) is 15.1 Å². The molecule has 0 aliphatic heterocycles. The zero-order valence-corrected chi connectivity index (χ0v) is 14.7. The van der Waals surface area contributed by atoms with E-state index in [1.165, 1.54) is 4.68 Å². The van der Waals surface area contributed by atoms with Crippen LogP contribution in [0, 0.1) is 6.92 Å². The molecule has 2 aromatic rings. The number of benzene rings is 1. The van der Waals surface area contributed by atoms with E-state index in [1.807, 2.05) is 25.1 Å². The second-order valence-corrected chi connectivity index (χ2v) is 6.71. The first-order valence-corrected chi connectivity index (χ1v) is 8.65. The van der Waals surface area contributed by atoms with Crippen molar-refractivity contribution in [2.45, 2.75) is 44.6 Å². The second-order valence-electron chi connectivity index (χ2n) is 6.71. The van der Waals surface area contributed by atoms with Crippen molar-refractivity contribution in [1.29, 1.82) is 0 Å². The standard InChI is InChI=1S/C19H24N4O2/c1-14-6-5-7-15(10-14)19(8-3-4-9-19)18(25)22-16-11-21-23(12-16)13-17(24)20-2/h5-7,10-12H,3-4,8-9,13H2,1-2H3,(H,20,24)(H,22,25). The lowest BCUT2D eigenvalue weighted by Crippen LogP contribution is -2.38. The van der Waals surface area contributed by atoms with Gasteiger partial charge in [0.25, 0.3) is 0 Å². The van der Waals surface area contributed by atoms with E-state index < -0.39 is 5.41 Å². The molecule has 25 heavy (non-hydrogen) atoms. The monoisotopic (exact) mass is 340 g/mol. The maximum atomic E-state index is 13.1. The van der Waals surface area contributed by atoms with E-state index in [0.29, 0.717) is 5.69 Å². The molecule has 1 aliphatic rings. The molecule has 2 N–H and O–H groups in total. The summed E-state index contributed by atoms with van der Waals surface area (Å²) >= 11 is 0. The summed E-state index contributed by atoms with van der Waals surface area (Å²) in [6, 6.07) is 8.22. The highest BCUT2D eigenvalue weighted by atomic mass is 16.2. The van der Waals surface area contributed by atoms with Gasteiger partial charge in [0, 0.05) is 13.2 Å². The number of nitrogens with one attached hydrogen (secondary N) is 2. The van der Waals surface area contributed by atoms with Crippen LogP contribution < -0.4 is 10.6 Å². The predicted molar refractivity (Wildman–Crippen MR) is 96.2 cm³/mol. The van der Waals surface area contributed by atoms with Gasteiger partial charge in [-0.05, 0) is 25.3 Å². The molecular weight excluding hydrogens is 316 g/mol. The minimum absolute atomic E-state index is 0.00935. The Bertz CT molecular complexity index is 775. The van der Waals surface area contributed by atoms with E-state index in [-0.39, 0.29) is 18.4 Å². The molecule has 6 heteroatoms. The largest absolute Gasteiger partial charge is 0.358 e. The SMILES string of the molecule is CNC(=O)Cn1cc(NC(=O)C2(c3cccc(C)c3)CCCC2)cn1. The molecular formula is C19H24N4O2. The smallest absolute Gasteiger partial charge is 0.241 e. The third kappa shape index (κ3) is 3.57. The first-order chi connectivity index (χ1) is 12.0. The van der Waals surface area contributed by atoms with Gasteiger partial charge >= 0.3 is 0 Å². The molecule has 2 amide bonds. The van der Waals surface area contributed by atoms with Crippen molar-refractivity contribution in [3.8, 4) is 0 Å². The summed E-state index contributed by atoms with van der Waals surface area (Å²) in [5, 5.41) is 9.69. The highest BCUT2D eigenvalue weighted by Crippen LogP contribution is 2.42. The normalized spacial score (nSPS) is 15.8. The zero-order valence-electron chi connectivity index (χ0n) is 14.7. The van der Waals surface area contributed by atoms with Gasteiger partial charge in [-0.25, -0.2) is 0 Å². The van der Waals surface area contributed by atoms with Crippen molar-refractivity contribution in [2.24, 2.45) is 0 Å². The van der Waals surface area contributed by atoms with Gasteiger partial charge < -0.3 is 10.6 Å². The highest BCUT2D eigenvalue weighted by Gasteiger charge is 2.42. The minimum atomic E-state index is -0.477. The van der Waals surface area contributed by atoms with Crippen molar-refractivity contribution in [2.75, 3.05) is 12.4 Å². The first kappa shape index (κ1) is 17.2. The number of aryl methyl sites for hydroxylation is 1. The second kappa shape index (κ2) is 7.09. The molecule has 3 rings (SSSR count). The molecule has 0 spiro atoms. The van der Waals surface area contributed by atoms with Gasteiger partial charge in [0.2, 0.25) is 11.8 Å². The molecule has 1 aromatic heterocycles. The predicted octanol–water partition coefficient (Wildman–Crippen LogP) is 2.39. The van der Waals surface area contributed by atoms with Crippen LogP contribution in [-0.2, 0) is 21.5 Å². The lowest BCUT2D eigenvalue weighted by Gasteiger charge is -2.28. The fourth-order valence-corrected chi connectivity index (χ4v) is 3.56. The Morgan fingerprint density at radius 3 is 2.72 bits per heavy atom. The number of nitrogens with zero attached hydrogens (tertiary/aromatic N) is 2. The molecule has 1 heterocycles. The summed E-state index contributed by atoms with van der Waals surface area (Å²) in [6.45, 7) is 2.18. The highest BCUT2D eigenvalue weighted by molar-refractivity contribution is 5.99. The summed E-state index contributed by atoms with van der Waals surface area (Å²) in [6.07, 6.45) is 7.09. The average Bonchev–Trinajstić information content (AvgIpc) is 3.25. The fraction of sp³-hybridized carbons (Fsp3) is 0.421. The maximum Gasteiger partial charge on any atom is 0.241 e. The van der Waals surface area contributed by atoms with Gasteiger partial charge in [-0.3, -0.25) is 14.3 Å². The molecule has 1 saturated carbocycles. The molecule has 1 aliphatic carbocycles. The van der Waals surface area contributed by atoms with E-state index in [2.05, 4.69) is 21.8 Å². The van der Waals surface area contributed by atoms with Crippen LogP contribution in [0.25, 0.3) is 0 Å². The minimum Gasteiger partial charge on any atom is -0.358 e. The van der Waals surface area contributed by atoms with E-state index in [9.17, 15) is 9.59 Å². The van der Waals surface area contributed by atoms with Crippen LogP contribution in [0.4, 0.5) is 5.69 Å². The third-order valence-corrected chi connectivity index (χ3v) is 4.94. The fourth-order valence-electron chi connectivity index (χ4n) is 3.56.